The zero-order chi connectivity index (χ0) is 13.4. The molecule has 0 radical (unpaired) electrons. The predicted octanol–water partition coefficient (Wildman–Crippen LogP) is 3.09. The summed E-state index contributed by atoms with van der Waals surface area (Å²) in [5.74, 6) is 0.654. The summed E-state index contributed by atoms with van der Waals surface area (Å²) in [4.78, 5) is 15.0. The van der Waals surface area contributed by atoms with Crippen LogP contribution in [0.5, 0.6) is 5.75 Å². The first-order valence-corrected chi connectivity index (χ1v) is 6.54. The zero-order valence-corrected chi connectivity index (χ0v) is 11.8. The number of halogens is 1. The Balaban J connectivity index is 2.43. The molecule has 0 aliphatic rings. The van der Waals surface area contributed by atoms with E-state index in [4.69, 9.17) is 4.74 Å². The topological polar surface area (TPSA) is 47.0 Å². The Bertz CT molecular complexity index is 805. The van der Waals surface area contributed by atoms with E-state index >= 15 is 0 Å². The fourth-order valence-electron chi connectivity index (χ4n) is 2.16. The Labute approximate surface area is 117 Å². The minimum Gasteiger partial charge on any atom is -0.495 e. The number of nitrogens with one attached hydrogen (secondary N) is 1. The van der Waals surface area contributed by atoms with Gasteiger partial charge in [0.15, 0.2) is 0 Å². The number of para-hydroxylation sites is 3. The summed E-state index contributed by atoms with van der Waals surface area (Å²) < 4.78 is 7.79. The number of benzene rings is 2. The van der Waals surface area contributed by atoms with Gasteiger partial charge in [0.2, 0.25) is 0 Å². The second-order valence-electron chi connectivity index (χ2n) is 4.07. The number of hydrogen-bond donors (Lipinski definition) is 1. The first-order valence-electron chi connectivity index (χ1n) is 5.75. The van der Waals surface area contributed by atoms with E-state index in [1.54, 1.807) is 11.7 Å². The van der Waals surface area contributed by atoms with Gasteiger partial charge in [0.05, 0.1) is 23.8 Å². The molecule has 0 bridgehead atoms. The summed E-state index contributed by atoms with van der Waals surface area (Å²) in [5, 5.41) is 0. The summed E-state index contributed by atoms with van der Waals surface area (Å²) in [7, 11) is 1.59. The number of aromatic amines is 1. The van der Waals surface area contributed by atoms with Crippen LogP contribution in [0.15, 0.2) is 51.7 Å². The van der Waals surface area contributed by atoms with Crippen LogP contribution in [-0.2, 0) is 0 Å². The van der Waals surface area contributed by atoms with Gasteiger partial charge in [-0.15, -0.1) is 0 Å². The van der Waals surface area contributed by atoms with Gasteiger partial charge in [-0.25, -0.2) is 4.79 Å². The van der Waals surface area contributed by atoms with Crippen molar-refractivity contribution in [3.8, 4) is 11.4 Å². The molecule has 0 saturated heterocycles. The van der Waals surface area contributed by atoms with E-state index in [-0.39, 0.29) is 5.69 Å². The number of ether oxygens (including phenoxy) is 1. The molecule has 19 heavy (non-hydrogen) atoms. The lowest BCUT2D eigenvalue weighted by Crippen LogP contribution is -2.15. The third-order valence-electron chi connectivity index (χ3n) is 2.98. The lowest BCUT2D eigenvalue weighted by Gasteiger charge is -2.09. The maximum absolute atomic E-state index is 12.2. The molecule has 1 N–H and O–H groups in total. The van der Waals surface area contributed by atoms with Crippen molar-refractivity contribution >= 4 is 27.0 Å². The zero-order valence-electron chi connectivity index (χ0n) is 10.2. The van der Waals surface area contributed by atoms with E-state index in [1.165, 1.54) is 0 Å². The van der Waals surface area contributed by atoms with Crippen LogP contribution in [0.3, 0.4) is 0 Å². The SMILES string of the molecule is COc1ccccc1-n1c(=O)[nH]c2cccc(Br)c21. The van der Waals surface area contributed by atoms with Crippen LogP contribution in [-0.4, -0.2) is 16.7 Å². The van der Waals surface area contributed by atoms with Crippen molar-refractivity contribution in [2.75, 3.05) is 7.11 Å². The molecule has 4 nitrogen and oxygen atoms in total. The van der Waals surface area contributed by atoms with Crippen LogP contribution < -0.4 is 10.4 Å². The van der Waals surface area contributed by atoms with Gasteiger partial charge >= 0.3 is 5.69 Å². The van der Waals surface area contributed by atoms with E-state index in [9.17, 15) is 4.79 Å². The summed E-state index contributed by atoms with van der Waals surface area (Å²) >= 11 is 3.48. The van der Waals surface area contributed by atoms with Gasteiger partial charge in [-0.1, -0.05) is 18.2 Å². The molecule has 0 amide bonds. The first kappa shape index (κ1) is 12.0. The van der Waals surface area contributed by atoms with Gasteiger partial charge < -0.3 is 9.72 Å². The van der Waals surface area contributed by atoms with E-state index < -0.39 is 0 Å². The largest absolute Gasteiger partial charge is 0.495 e. The van der Waals surface area contributed by atoms with Crippen molar-refractivity contribution in [3.05, 3.63) is 57.4 Å². The van der Waals surface area contributed by atoms with Crippen molar-refractivity contribution in [1.29, 1.82) is 0 Å². The molecule has 3 aromatic rings. The fraction of sp³-hybridized carbons (Fsp3) is 0.0714. The molecular formula is C14H11BrN2O2. The van der Waals surface area contributed by atoms with Crippen LogP contribution in [0, 0.1) is 0 Å². The molecular weight excluding hydrogens is 308 g/mol. The summed E-state index contributed by atoms with van der Waals surface area (Å²) in [6.45, 7) is 0. The van der Waals surface area contributed by atoms with E-state index in [1.807, 2.05) is 42.5 Å². The average Bonchev–Trinajstić information content (AvgIpc) is 2.76. The minimum atomic E-state index is -0.189. The van der Waals surface area contributed by atoms with Crippen LogP contribution >= 0.6 is 15.9 Å². The molecule has 0 unspecified atom stereocenters. The highest BCUT2D eigenvalue weighted by molar-refractivity contribution is 9.10. The number of H-pyrrole nitrogens is 1. The highest BCUT2D eigenvalue weighted by Gasteiger charge is 2.14. The molecule has 0 atom stereocenters. The Morgan fingerprint density at radius 1 is 1.16 bits per heavy atom. The van der Waals surface area contributed by atoms with Crippen LogP contribution in [0.25, 0.3) is 16.7 Å². The van der Waals surface area contributed by atoms with Crippen LogP contribution in [0.4, 0.5) is 0 Å². The molecule has 2 aromatic carbocycles. The third-order valence-corrected chi connectivity index (χ3v) is 3.62. The third kappa shape index (κ3) is 1.86. The molecule has 0 aliphatic heterocycles. The summed E-state index contributed by atoms with van der Waals surface area (Å²) in [6, 6.07) is 13.1. The Morgan fingerprint density at radius 3 is 2.74 bits per heavy atom. The number of imidazole rings is 1. The molecule has 3 rings (SSSR count). The number of nitrogens with zero attached hydrogens (tertiary/aromatic N) is 1. The molecule has 0 fully saturated rings. The number of hydrogen-bond acceptors (Lipinski definition) is 2. The average molecular weight is 319 g/mol. The van der Waals surface area contributed by atoms with Gasteiger partial charge in [0.1, 0.15) is 5.75 Å². The van der Waals surface area contributed by atoms with Gasteiger partial charge in [0, 0.05) is 4.47 Å². The predicted molar refractivity (Wildman–Crippen MR) is 78.1 cm³/mol. The molecule has 1 aromatic heterocycles. The van der Waals surface area contributed by atoms with Crippen molar-refractivity contribution in [2.24, 2.45) is 0 Å². The molecule has 1 heterocycles. The number of methoxy groups -OCH3 is 1. The molecule has 0 saturated carbocycles. The smallest absolute Gasteiger partial charge is 0.331 e. The Hall–Kier alpha value is -2.01. The summed E-state index contributed by atoms with van der Waals surface area (Å²) in [5.41, 5.74) is 2.11. The molecule has 5 heteroatoms. The normalized spacial score (nSPS) is 10.8. The Morgan fingerprint density at radius 2 is 1.95 bits per heavy atom. The lowest BCUT2D eigenvalue weighted by molar-refractivity contribution is 0.413. The fourth-order valence-corrected chi connectivity index (χ4v) is 2.70. The molecule has 0 spiro atoms. The first-order chi connectivity index (χ1) is 9.22. The monoisotopic (exact) mass is 318 g/mol. The minimum absolute atomic E-state index is 0.189. The summed E-state index contributed by atoms with van der Waals surface area (Å²) in [6.07, 6.45) is 0. The maximum atomic E-state index is 12.2. The second kappa shape index (κ2) is 4.59. The van der Waals surface area contributed by atoms with Gasteiger partial charge in [-0.2, -0.15) is 0 Å². The van der Waals surface area contributed by atoms with Gasteiger partial charge in [-0.3, -0.25) is 4.57 Å². The van der Waals surface area contributed by atoms with E-state index in [2.05, 4.69) is 20.9 Å². The van der Waals surface area contributed by atoms with Gasteiger partial charge in [0.25, 0.3) is 0 Å². The standard InChI is InChI=1S/C14H11BrN2O2/c1-19-12-8-3-2-7-11(12)17-13-9(15)5-4-6-10(13)16-14(17)18/h2-8H,1H3,(H,16,18). The second-order valence-corrected chi connectivity index (χ2v) is 4.93. The van der Waals surface area contributed by atoms with Gasteiger partial charge in [-0.05, 0) is 40.2 Å². The lowest BCUT2D eigenvalue weighted by atomic mass is 10.2. The van der Waals surface area contributed by atoms with Crippen molar-refractivity contribution in [1.82, 2.24) is 9.55 Å². The van der Waals surface area contributed by atoms with Crippen molar-refractivity contribution < 1.29 is 4.74 Å². The van der Waals surface area contributed by atoms with E-state index in [0.29, 0.717) is 11.4 Å². The highest BCUT2D eigenvalue weighted by Crippen LogP contribution is 2.28. The number of aromatic nitrogens is 2. The number of rotatable bonds is 2. The number of fused-ring (bicyclic) bond motifs is 1. The molecule has 96 valence electrons. The van der Waals surface area contributed by atoms with E-state index in [0.717, 1.165) is 15.5 Å². The van der Waals surface area contributed by atoms with Crippen LogP contribution in [0.1, 0.15) is 0 Å². The quantitative estimate of drug-likeness (QED) is 0.789. The maximum Gasteiger partial charge on any atom is 0.331 e. The van der Waals surface area contributed by atoms with Crippen LogP contribution in [0.2, 0.25) is 0 Å². The Kier molecular flexibility index (Phi) is 2.91. The molecule has 0 aliphatic carbocycles. The highest BCUT2D eigenvalue weighted by atomic mass is 79.9. The van der Waals surface area contributed by atoms with Crippen molar-refractivity contribution in [3.63, 3.8) is 0 Å². The van der Waals surface area contributed by atoms with Crippen molar-refractivity contribution in [2.45, 2.75) is 0 Å².